The third kappa shape index (κ3) is 3.51. The van der Waals surface area contributed by atoms with Crippen LogP contribution in [0.25, 0.3) is 0 Å². The number of hydrogen-bond donors (Lipinski definition) is 1. The molecule has 5 rings (SSSR count). The van der Waals surface area contributed by atoms with E-state index in [1.54, 1.807) is 12.1 Å². The number of halogens is 1. The van der Waals surface area contributed by atoms with Crippen LogP contribution in [0.3, 0.4) is 0 Å². The van der Waals surface area contributed by atoms with Gasteiger partial charge in [-0.1, -0.05) is 45.4 Å². The van der Waals surface area contributed by atoms with Crippen molar-refractivity contribution >= 4 is 23.5 Å². The van der Waals surface area contributed by atoms with E-state index in [-0.39, 0.29) is 28.7 Å². The van der Waals surface area contributed by atoms with Gasteiger partial charge in [-0.3, -0.25) is 4.79 Å². The Hall–Kier alpha value is -1.59. The van der Waals surface area contributed by atoms with Crippen LogP contribution in [0.5, 0.6) is 0 Å². The van der Waals surface area contributed by atoms with Crippen molar-refractivity contribution in [1.29, 1.82) is 0 Å². The van der Waals surface area contributed by atoms with E-state index in [2.05, 4.69) is 20.8 Å². The zero-order chi connectivity index (χ0) is 25.2. The second-order valence-corrected chi connectivity index (χ2v) is 13.1. The number of fused-ring (bicyclic) bond motifs is 3. The van der Waals surface area contributed by atoms with Crippen LogP contribution in [-0.2, 0) is 14.3 Å². The molecule has 1 spiro atoms. The summed E-state index contributed by atoms with van der Waals surface area (Å²) in [7, 11) is 0. The molecule has 0 aliphatic heterocycles. The summed E-state index contributed by atoms with van der Waals surface area (Å²) in [6, 6.07) is 9.12. The predicted octanol–water partition coefficient (Wildman–Crippen LogP) is 5.77. The number of ether oxygens (including phenoxy) is 2. The van der Waals surface area contributed by atoms with E-state index in [0.717, 1.165) is 44.9 Å². The van der Waals surface area contributed by atoms with Crippen LogP contribution in [0.15, 0.2) is 30.3 Å². The minimum Gasteiger partial charge on any atom is -0.465 e. The molecule has 4 fully saturated rings. The van der Waals surface area contributed by atoms with E-state index < -0.39 is 28.4 Å². The van der Waals surface area contributed by atoms with E-state index >= 15 is 0 Å². The second-order valence-electron chi connectivity index (χ2n) is 12.6. The minimum absolute atomic E-state index is 0.0495. The Bertz CT molecular complexity index is 998. The van der Waals surface area contributed by atoms with Gasteiger partial charge in [0.1, 0.15) is 6.10 Å². The van der Waals surface area contributed by atoms with Crippen molar-refractivity contribution in [3.63, 3.8) is 0 Å². The average Bonchev–Trinajstić information content (AvgIpc) is 2.91. The average molecular weight is 503 g/mol. The Morgan fingerprint density at radius 1 is 1.00 bits per heavy atom. The molecule has 1 aromatic rings. The molecule has 192 valence electrons. The first-order chi connectivity index (χ1) is 16.5. The van der Waals surface area contributed by atoms with Crippen molar-refractivity contribution in [2.24, 2.45) is 33.5 Å². The van der Waals surface area contributed by atoms with E-state index in [4.69, 9.17) is 21.1 Å². The van der Waals surface area contributed by atoms with Crippen molar-refractivity contribution in [3.8, 4) is 0 Å². The maximum Gasteiger partial charge on any atom is 0.338 e. The highest BCUT2D eigenvalue weighted by Crippen LogP contribution is 2.74. The van der Waals surface area contributed by atoms with E-state index in [9.17, 15) is 14.7 Å². The molecular weight excluding hydrogens is 464 g/mol. The summed E-state index contributed by atoms with van der Waals surface area (Å²) in [5.74, 6) is -0.0139. The minimum atomic E-state index is -0.727. The van der Waals surface area contributed by atoms with Crippen molar-refractivity contribution < 1.29 is 24.2 Å². The van der Waals surface area contributed by atoms with Gasteiger partial charge < -0.3 is 14.6 Å². The Labute approximate surface area is 213 Å². The Kier molecular flexibility index (Phi) is 6.07. The van der Waals surface area contributed by atoms with Gasteiger partial charge >= 0.3 is 11.9 Å². The summed E-state index contributed by atoms with van der Waals surface area (Å²) < 4.78 is 11.9. The number of alkyl halides is 1. The fourth-order valence-electron chi connectivity index (χ4n) is 9.27. The van der Waals surface area contributed by atoms with E-state index in [1.807, 2.05) is 18.2 Å². The SMILES string of the molecule is CC(=O)OC[C@@]1(C)CCC[C@]2(C)[C@@H]1CC[C@]13[C@H](O)[C@@H](Cl)[C@](C)(CC[C@@H]21)[C@H]3OC(=O)c1ccccc1. The number of carbonyl (C=O) groups excluding carboxylic acids is 2. The van der Waals surface area contributed by atoms with Crippen molar-refractivity contribution in [3.05, 3.63) is 35.9 Å². The fourth-order valence-corrected chi connectivity index (χ4v) is 9.72. The number of carbonyl (C=O) groups is 2. The van der Waals surface area contributed by atoms with Crippen LogP contribution >= 0.6 is 11.6 Å². The molecule has 4 aliphatic rings. The third-order valence-electron chi connectivity index (χ3n) is 10.8. The summed E-state index contributed by atoms with van der Waals surface area (Å²) >= 11 is 7.01. The summed E-state index contributed by atoms with van der Waals surface area (Å²) in [4.78, 5) is 24.9. The molecule has 1 N–H and O–H groups in total. The molecule has 0 heterocycles. The maximum absolute atomic E-state index is 13.3. The lowest BCUT2D eigenvalue weighted by Crippen LogP contribution is -2.64. The van der Waals surface area contributed by atoms with Crippen molar-refractivity contribution in [2.45, 2.75) is 90.2 Å². The molecule has 0 aromatic heterocycles. The fraction of sp³-hybridized carbons (Fsp3) is 0.724. The van der Waals surface area contributed by atoms with Gasteiger partial charge in [-0.05, 0) is 67.9 Å². The lowest BCUT2D eigenvalue weighted by molar-refractivity contribution is -0.222. The van der Waals surface area contributed by atoms with Gasteiger partial charge in [0.25, 0.3) is 0 Å². The molecule has 4 saturated carbocycles. The first-order valence-electron chi connectivity index (χ1n) is 13.2. The molecule has 6 heteroatoms. The van der Waals surface area contributed by atoms with Crippen LogP contribution in [-0.4, -0.2) is 41.2 Å². The number of esters is 2. The molecule has 1 aromatic carbocycles. The molecule has 5 nitrogen and oxygen atoms in total. The van der Waals surface area contributed by atoms with Gasteiger partial charge in [0.05, 0.1) is 23.7 Å². The topological polar surface area (TPSA) is 72.8 Å². The molecule has 4 aliphatic carbocycles. The third-order valence-corrected chi connectivity index (χ3v) is 11.5. The Morgan fingerprint density at radius 2 is 1.69 bits per heavy atom. The lowest BCUT2D eigenvalue weighted by Gasteiger charge is -2.66. The van der Waals surface area contributed by atoms with Crippen LogP contribution < -0.4 is 0 Å². The van der Waals surface area contributed by atoms with Gasteiger partial charge in [0, 0.05) is 23.2 Å². The first kappa shape index (κ1) is 25.1. The lowest BCUT2D eigenvalue weighted by atomic mass is 9.39. The first-order valence-corrected chi connectivity index (χ1v) is 13.6. The zero-order valence-corrected chi connectivity index (χ0v) is 22.1. The molecule has 9 atom stereocenters. The quantitative estimate of drug-likeness (QED) is 0.418. The smallest absolute Gasteiger partial charge is 0.338 e. The van der Waals surface area contributed by atoms with Crippen LogP contribution in [0.2, 0.25) is 0 Å². The number of aliphatic hydroxyl groups is 1. The summed E-state index contributed by atoms with van der Waals surface area (Å²) in [6.07, 6.45) is 5.45. The molecule has 0 radical (unpaired) electrons. The molecular formula is C29H39ClO5. The zero-order valence-electron chi connectivity index (χ0n) is 21.4. The summed E-state index contributed by atoms with van der Waals surface area (Å²) in [6.45, 7) is 8.66. The van der Waals surface area contributed by atoms with E-state index in [0.29, 0.717) is 18.1 Å². The van der Waals surface area contributed by atoms with Crippen LogP contribution in [0, 0.1) is 33.5 Å². The summed E-state index contributed by atoms with van der Waals surface area (Å²) in [5.41, 5.74) is -0.649. The van der Waals surface area contributed by atoms with Gasteiger partial charge in [0.2, 0.25) is 0 Å². The van der Waals surface area contributed by atoms with Crippen molar-refractivity contribution in [1.82, 2.24) is 0 Å². The number of hydrogen-bond acceptors (Lipinski definition) is 5. The summed E-state index contributed by atoms with van der Waals surface area (Å²) in [5, 5.41) is 11.3. The molecule has 0 saturated heterocycles. The highest BCUT2D eigenvalue weighted by atomic mass is 35.5. The second kappa shape index (κ2) is 8.48. The monoisotopic (exact) mass is 502 g/mol. The Balaban J connectivity index is 1.53. The number of rotatable bonds is 4. The van der Waals surface area contributed by atoms with E-state index in [1.165, 1.54) is 6.92 Å². The Morgan fingerprint density at radius 3 is 2.37 bits per heavy atom. The molecule has 2 bridgehead atoms. The van der Waals surface area contributed by atoms with Crippen LogP contribution in [0.1, 0.15) is 83.0 Å². The number of aliphatic hydroxyl groups excluding tert-OH is 1. The van der Waals surface area contributed by atoms with Crippen molar-refractivity contribution in [2.75, 3.05) is 6.61 Å². The highest BCUT2D eigenvalue weighted by molar-refractivity contribution is 6.22. The maximum atomic E-state index is 13.3. The molecule has 0 amide bonds. The van der Waals surface area contributed by atoms with Gasteiger partial charge in [-0.15, -0.1) is 11.6 Å². The highest BCUT2D eigenvalue weighted by Gasteiger charge is 2.76. The van der Waals surface area contributed by atoms with Gasteiger partial charge in [-0.25, -0.2) is 4.79 Å². The normalized spacial score (nSPS) is 46.3. The number of benzene rings is 1. The standard InChI is InChI=1S/C29H39ClO5/c1-18(31)34-17-26(2)13-8-14-27(3)20(26)12-16-29-21(27)11-15-28(4,22(30)23(29)32)25(29)35-24(33)19-9-6-5-7-10-19/h5-7,9-10,20-23,25,32H,8,11-17H2,1-4H3/t20-,21+,22-,23-,25-,26-,27-,28+,29-/m1/s1. The molecule has 35 heavy (non-hydrogen) atoms. The van der Waals surface area contributed by atoms with Gasteiger partial charge in [0.15, 0.2) is 0 Å². The van der Waals surface area contributed by atoms with Crippen LogP contribution in [0.4, 0.5) is 0 Å². The largest absolute Gasteiger partial charge is 0.465 e. The predicted molar refractivity (Wildman–Crippen MR) is 134 cm³/mol. The van der Waals surface area contributed by atoms with Gasteiger partial charge in [-0.2, -0.15) is 0 Å². The molecule has 0 unspecified atom stereocenters.